The Morgan fingerprint density at radius 1 is 1.41 bits per heavy atom. The van der Waals surface area contributed by atoms with Crippen molar-refractivity contribution in [3.8, 4) is 0 Å². The lowest BCUT2D eigenvalue weighted by Crippen LogP contribution is -2.30. The maximum absolute atomic E-state index is 12.3. The Morgan fingerprint density at radius 3 is 2.72 bits per heavy atom. The zero-order valence-electron chi connectivity index (χ0n) is 16.6. The van der Waals surface area contributed by atoms with Crippen LogP contribution in [0.15, 0.2) is 44.0 Å². The Kier molecular flexibility index (Phi) is 6.82. The minimum atomic E-state index is -1.20. The molecule has 2 aromatic heterocycles. The predicted octanol–water partition coefficient (Wildman–Crippen LogP) is 0.362. The molecule has 0 saturated carbocycles. The fourth-order valence-corrected chi connectivity index (χ4v) is 2.98. The zero-order valence-corrected chi connectivity index (χ0v) is 17.4. The van der Waals surface area contributed by atoms with Crippen LogP contribution in [0.4, 0.5) is 11.6 Å². The van der Waals surface area contributed by atoms with Crippen molar-refractivity contribution >= 4 is 46.7 Å². The summed E-state index contributed by atoms with van der Waals surface area (Å²) in [4.78, 5) is 40.7. The summed E-state index contributed by atoms with van der Waals surface area (Å²) in [5, 5.41) is 33.8. The Morgan fingerprint density at radius 2 is 2.09 bits per heavy atom. The molecule has 168 valence electrons. The van der Waals surface area contributed by atoms with Crippen molar-refractivity contribution in [1.29, 1.82) is 0 Å². The number of aliphatic hydroxyl groups excluding tert-OH is 2. The molecule has 13 nitrogen and oxygen atoms in total. The standard InChI is InChI=1S/C18H18ClN7O6/c1-24-15-14(16(29)22-18(24)30)25(8-13(28)9-27)17(21-15)23-20-7-11(19)6-10-2-4-12(5-3-10)26(31)32/h2-7,13,27-28H,8-9H2,1H3,(H,21,23)(H,22,29,30)/b11-6-,20-7+. The van der Waals surface area contributed by atoms with Crippen LogP contribution in [0.3, 0.4) is 0 Å². The normalized spacial score (nSPS) is 13.1. The Labute approximate surface area is 184 Å². The van der Waals surface area contributed by atoms with Gasteiger partial charge >= 0.3 is 5.69 Å². The number of aromatic amines is 1. The first-order valence-corrected chi connectivity index (χ1v) is 9.48. The lowest BCUT2D eigenvalue weighted by atomic mass is 10.2. The number of anilines is 1. The Bertz CT molecular complexity index is 1320. The van der Waals surface area contributed by atoms with E-state index in [1.807, 2.05) is 0 Å². The predicted molar refractivity (Wildman–Crippen MR) is 118 cm³/mol. The van der Waals surface area contributed by atoms with Gasteiger partial charge in [0.2, 0.25) is 5.95 Å². The van der Waals surface area contributed by atoms with Gasteiger partial charge < -0.3 is 14.8 Å². The number of hydrogen-bond donors (Lipinski definition) is 4. The number of aryl methyl sites for hydroxylation is 1. The number of benzene rings is 1. The summed E-state index contributed by atoms with van der Waals surface area (Å²) in [5.41, 5.74) is 1.82. The van der Waals surface area contributed by atoms with Crippen LogP contribution < -0.4 is 16.7 Å². The van der Waals surface area contributed by atoms with Gasteiger partial charge in [0.15, 0.2) is 11.2 Å². The lowest BCUT2D eigenvalue weighted by Gasteiger charge is -2.11. The summed E-state index contributed by atoms with van der Waals surface area (Å²) in [6.45, 7) is -0.756. The number of hydrogen-bond acceptors (Lipinski definition) is 9. The molecule has 0 amide bonds. The van der Waals surface area contributed by atoms with Crippen molar-refractivity contribution in [2.45, 2.75) is 12.6 Å². The maximum Gasteiger partial charge on any atom is 0.329 e. The number of allylic oxidation sites excluding steroid dienone is 1. The van der Waals surface area contributed by atoms with Gasteiger partial charge in [-0.25, -0.2) is 10.2 Å². The first kappa shape index (κ1) is 22.9. The van der Waals surface area contributed by atoms with E-state index in [2.05, 4.69) is 20.5 Å². The third-order valence-electron chi connectivity index (χ3n) is 4.37. The molecule has 3 rings (SSSR count). The molecule has 1 unspecified atom stereocenters. The molecule has 2 heterocycles. The molecule has 0 saturated heterocycles. The second-order valence-electron chi connectivity index (χ2n) is 6.62. The fraction of sp³-hybridized carbons (Fsp3) is 0.222. The SMILES string of the molecule is Cn1c(=O)[nH]c(=O)c2c1nc(N/N=C/C(Cl)=C/c1ccc([N+](=O)[O-])cc1)n2CC(O)CO. The van der Waals surface area contributed by atoms with Crippen LogP contribution in [0.2, 0.25) is 0 Å². The van der Waals surface area contributed by atoms with Crippen LogP contribution in [0.25, 0.3) is 17.2 Å². The number of nitro benzene ring substituents is 1. The molecule has 1 aromatic carbocycles. The van der Waals surface area contributed by atoms with Crippen LogP contribution in [0.5, 0.6) is 0 Å². The molecule has 0 aliphatic carbocycles. The number of aromatic nitrogens is 4. The first-order chi connectivity index (χ1) is 15.2. The van der Waals surface area contributed by atoms with Gasteiger partial charge in [0.05, 0.1) is 35.4 Å². The average Bonchev–Trinajstić information content (AvgIpc) is 3.11. The smallest absolute Gasteiger partial charge is 0.329 e. The molecule has 0 aliphatic rings. The van der Waals surface area contributed by atoms with E-state index in [-0.39, 0.29) is 34.4 Å². The van der Waals surface area contributed by atoms with Crippen molar-refractivity contribution in [3.05, 3.63) is 65.8 Å². The van der Waals surface area contributed by atoms with E-state index < -0.39 is 28.9 Å². The van der Waals surface area contributed by atoms with Gasteiger partial charge in [0, 0.05) is 19.2 Å². The van der Waals surface area contributed by atoms with Crippen molar-refractivity contribution in [1.82, 2.24) is 19.1 Å². The van der Waals surface area contributed by atoms with Crippen LogP contribution in [-0.4, -0.2) is 53.2 Å². The number of hydrazone groups is 1. The highest BCUT2D eigenvalue weighted by Gasteiger charge is 2.19. The quantitative estimate of drug-likeness (QED) is 0.210. The third kappa shape index (κ3) is 4.91. The Balaban J connectivity index is 1.89. The number of nitrogens with one attached hydrogen (secondary N) is 2. The Hall–Kier alpha value is -3.81. The van der Waals surface area contributed by atoms with Gasteiger partial charge in [-0.1, -0.05) is 11.6 Å². The van der Waals surface area contributed by atoms with Gasteiger partial charge in [0.1, 0.15) is 0 Å². The summed E-state index contributed by atoms with van der Waals surface area (Å²) < 4.78 is 2.40. The molecule has 1 atom stereocenters. The van der Waals surface area contributed by atoms with Crippen molar-refractivity contribution < 1.29 is 15.1 Å². The van der Waals surface area contributed by atoms with E-state index in [1.54, 1.807) is 0 Å². The molecule has 0 bridgehead atoms. The number of rotatable bonds is 8. The lowest BCUT2D eigenvalue weighted by molar-refractivity contribution is -0.384. The molecular weight excluding hydrogens is 446 g/mol. The van der Waals surface area contributed by atoms with Crippen LogP contribution in [-0.2, 0) is 13.6 Å². The maximum atomic E-state index is 12.3. The summed E-state index contributed by atoms with van der Waals surface area (Å²) in [5.74, 6) is 0.0234. The van der Waals surface area contributed by atoms with Crippen LogP contribution in [0.1, 0.15) is 5.56 Å². The molecule has 0 fully saturated rings. The van der Waals surface area contributed by atoms with Gasteiger partial charge in [-0.05, 0) is 23.8 Å². The minimum Gasteiger partial charge on any atom is -0.394 e. The van der Waals surface area contributed by atoms with E-state index in [0.29, 0.717) is 5.56 Å². The number of nitro groups is 1. The number of halogens is 1. The second-order valence-corrected chi connectivity index (χ2v) is 7.06. The summed E-state index contributed by atoms with van der Waals surface area (Å²) in [6.07, 6.45) is 1.56. The monoisotopic (exact) mass is 463 g/mol. The van der Waals surface area contributed by atoms with E-state index in [4.69, 9.17) is 16.7 Å². The van der Waals surface area contributed by atoms with E-state index in [0.717, 1.165) is 4.57 Å². The van der Waals surface area contributed by atoms with Gasteiger partial charge in [-0.15, -0.1) is 0 Å². The summed E-state index contributed by atoms with van der Waals surface area (Å²) in [6, 6.07) is 5.71. The second kappa shape index (κ2) is 9.55. The number of H-pyrrole nitrogens is 1. The minimum absolute atomic E-state index is 0.00446. The number of nitrogens with zero attached hydrogens (tertiary/aromatic N) is 5. The molecule has 3 aromatic rings. The topological polar surface area (TPSA) is 181 Å². The zero-order chi connectivity index (χ0) is 23.4. The largest absolute Gasteiger partial charge is 0.394 e. The molecule has 4 N–H and O–H groups in total. The highest BCUT2D eigenvalue weighted by Crippen LogP contribution is 2.17. The first-order valence-electron chi connectivity index (χ1n) is 9.10. The van der Waals surface area contributed by atoms with Crippen LogP contribution in [0, 0.1) is 10.1 Å². The van der Waals surface area contributed by atoms with E-state index in [9.17, 15) is 24.8 Å². The summed E-state index contributed by atoms with van der Waals surface area (Å²) in [7, 11) is 1.41. The molecule has 32 heavy (non-hydrogen) atoms. The third-order valence-corrected chi connectivity index (χ3v) is 4.58. The highest BCUT2D eigenvalue weighted by atomic mass is 35.5. The van der Waals surface area contributed by atoms with E-state index in [1.165, 1.54) is 48.2 Å². The average molecular weight is 464 g/mol. The number of non-ortho nitro benzene ring substituents is 1. The van der Waals surface area contributed by atoms with Crippen molar-refractivity contribution in [2.24, 2.45) is 12.1 Å². The van der Waals surface area contributed by atoms with Crippen LogP contribution >= 0.6 is 11.6 Å². The molecule has 0 spiro atoms. The number of aliphatic hydroxyl groups is 2. The molecular formula is C18H18ClN7O6. The van der Waals surface area contributed by atoms with Gasteiger partial charge in [-0.3, -0.25) is 24.5 Å². The van der Waals surface area contributed by atoms with Gasteiger partial charge in [-0.2, -0.15) is 10.1 Å². The van der Waals surface area contributed by atoms with Gasteiger partial charge in [0.25, 0.3) is 11.2 Å². The number of fused-ring (bicyclic) bond motifs is 1. The summed E-state index contributed by atoms with van der Waals surface area (Å²) >= 11 is 6.12. The van der Waals surface area contributed by atoms with Crippen molar-refractivity contribution in [3.63, 3.8) is 0 Å². The number of imidazole rings is 1. The fourth-order valence-electron chi connectivity index (χ4n) is 2.81. The van der Waals surface area contributed by atoms with Crippen molar-refractivity contribution in [2.75, 3.05) is 12.0 Å². The molecule has 0 radical (unpaired) electrons. The molecule has 14 heteroatoms. The highest BCUT2D eigenvalue weighted by molar-refractivity contribution is 6.41. The molecule has 0 aliphatic heterocycles. The van der Waals surface area contributed by atoms with E-state index >= 15 is 0 Å².